The summed E-state index contributed by atoms with van der Waals surface area (Å²) in [7, 11) is 1.67. The molecule has 1 saturated heterocycles. The summed E-state index contributed by atoms with van der Waals surface area (Å²) in [6, 6.07) is -0.155. The van der Waals surface area contributed by atoms with Crippen molar-refractivity contribution in [3.63, 3.8) is 0 Å². The van der Waals surface area contributed by atoms with Crippen LogP contribution in [0.4, 0.5) is 0 Å². The normalized spacial score (nSPS) is 24.9. The summed E-state index contributed by atoms with van der Waals surface area (Å²) >= 11 is 0. The van der Waals surface area contributed by atoms with E-state index in [0.29, 0.717) is 5.82 Å². The first kappa shape index (κ1) is 11.3. The summed E-state index contributed by atoms with van der Waals surface area (Å²) in [4.78, 5) is 16.3. The van der Waals surface area contributed by atoms with Gasteiger partial charge in [-0.2, -0.15) is 0 Å². The first-order valence-corrected chi connectivity index (χ1v) is 5.57. The molecule has 2 atom stereocenters. The van der Waals surface area contributed by atoms with Crippen molar-refractivity contribution in [2.45, 2.75) is 32.0 Å². The van der Waals surface area contributed by atoms with E-state index in [4.69, 9.17) is 4.74 Å². The lowest BCUT2D eigenvalue weighted by molar-refractivity contribution is 0.0905. The lowest BCUT2D eigenvalue weighted by atomic mass is 10.1. The van der Waals surface area contributed by atoms with Gasteiger partial charge in [0.1, 0.15) is 0 Å². The molecule has 5 nitrogen and oxygen atoms in total. The quantitative estimate of drug-likeness (QED) is 0.754. The Morgan fingerprint density at radius 2 is 2.56 bits per heavy atom. The number of hydrogen-bond donors (Lipinski definition) is 1. The average molecular weight is 223 g/mol. The van der Waals surface area contributed by atoms with E-state index in [1.165, 1.54) is 0 Å². The smallest absolute Gasteiger partial charge is 0.215 e. The van der Waals surface area contributed by atoms with Crippen LogP contribution < -0.4 is 5.32 Å². The number of imidazole rings is 1. The zero-order valence-electron chi connectivity index (χ0n) is 9.64. The van der Waals surface area contributed by atoms with Gasteiger partial charge in [0.15, 0.2) is 5.82 Å². The molecule has 5 heteroatoms. The van der Waals surface area contributed by atoms with Crippen molar-refractivity contribution in [1.82, 2.24) is 14.9 Å². The monoisotopic (exact) mass is 223 g/mol. The molecule has 1 aromatic heterocycles. The summed E-state index contributed by atoms with van der Waals surface area (Å²) in [5.41, 5.74) is 0. The first-order valence-electron chi connectivity index (χ1n) is 5.57. The number of carbonyl (C=O) groups excluding carboxylic acids is 1. The molecule has 88 valence electrons. The fourth-order valence-corrected chi connectivity index (χ4v) is 2.03. The van der Waals surface area contributed by atoms with Crippen LogP contribution in [0.15, 0.2) is 12.4 Å². The second-order valence-electron chi connectivity index (χ2n) is 3.96. The van der Waals surface area contributed by atoms with E-state index in [0.717, 1.165) is 19.5 Å². The van der Waals surface area contributed by atoms with Crippen molar-refractivity contribution in [2.24, 2.45) is 0 Å². The lowest BCUT2D eigenvalue weighted by Gasteiger charge is -2.09. The number of ether oxygens (including phenoxy) is 1. The third kappa shape index (κ3) is 2.01. The highest BCUT2D eigenvalue weighted by Crippen LogP contribution is 2.14. The summed E-state index contributed by atoms with van der Waals surface area (Å²) in [6.07, 6.45) is 4.36. The maximum atomic E-state index is 12.1. The number of methoxy groups -OCH3 is 1. The van der Waals surface area contributed by atoms with Gasteiger partial charge in [0.05, 0.1) is 12.1 Å². The van der Waals surface area contributed by atoms with Crippen LogP contribution >= 0.6 is 0 Å². The van der Waals surface area contributed by atoms with Crippen LogP contribution in [0.3, 0.4) is 0 Å². The van der Waals surface area contributed by atoms with Gasteiger partial charge < -0.3 is 14.6 Å². The number of nitrogens with one attached hydrogen (secondary N) is 1. The van der Waals surface area contributed by atoms with Crippen LogP contribution in [0, 0.1) is 0 Å². The highest BCUT2D eigenvalue weighted by atomic mass is 16.5. The van der Waals surface area contributed by atoms with Crippen molar-refractivity contribution >= 4 is 5.78 Å². The number of hydrogen-bond acceptors (Lipinski definition) is 4. The number of carbonyl (C=O) groups is 1. The predicted octanol–water partition coefficient (Wildman–Crippen LogP) is 0.463. The largest absolute Gasteiger partial charge is 0.380 e. The Bertz CT molecular complexity index is 375. The van der Waals surface area contributed by atoms with Crippen LogP contribution in [0.25, 0.3) is 0 Å². The molecule has 1 N–H and O–H groups in total. The minimum atomic E-state index is -0.155. The molecule has 0 aliphatic carbocycles. The van der Waals surface area contributed by atoms with E-state index in [1.807, 2.05) is 17.7 Å². The molecule has 2 heterocycles. The Kier molecular flexibility index (Phi) is 3.36. The van der Waals surface area contributed by atoms with Crippen molar-refractivity contribution in [2.75, 3.05) is 13.7 Å². The molecule has 16 heavy (non-hydrogen) atoms. The van der Waals surface area contributed by atoms with Crippen LogP contribution in [-0.4, -0.2) is 41.1 Å². The van der Waals surface area contributed by atoms with Crippen molar-refractivity contribution in [1.29, 1.82) is 0 Å². The molecule has 0 amide bonds. The molecular weight excluding hydrogens is 206 g/mol. The van der Waals surface area contributed by atoms with Crippen molar-refractivity contribution < 1.29 is 9.53 Å². The Hall–Kier alpha value is -1.20. The molecular formula is C11H17N3O2. The number of aromatic nitrogens is 2. The number of nitrogens with zero attached hydrogens (tertiary/aromatic N) is 2. The molecule has 0 bridgehead atoms. The zero-order valence-corrected chi connectivity index (χ0v) is 9.64. The van der Waals surface area contributed by atoms with E-state index in [2.05, 4.69) is 10.3 Å². The van der Waals surface area contributed by atoms with Crippen LogP contribution in [0.1, 0.15) is 24.0 Å². The second kappa shape index (κ2) is 4.76. The number of ketones is 1. The molecule has 2 rings (SSSR count). The fourth-order valence-electron chi connectivity index (χ4n) is 2.03. The van der Waals surface area contributed by atoms with Gasteiger partial charge in [0.25, 0.3) is 0 Å². The molecule has 0 aromatic carbocycles. The zero-order chi connectivity index (χ0) is 11.5. The summed E-state index contributed by atoms with van der Waals surface area (Å²) < 4.78 is 7.09. The Balaban J connectivity index is 2.08. The minimum Gasteiger partial charge on any atom is -0.380 e. The topological polar surface area (TPSA) is 56.2 Å². The molecule has 2 unspecified atom stereocenters. The highest BCUT2D eigenvalue weighted by molar-refractivity contribution is 5.97. The summed E-state index contributed by atoms with van der Waals surface area (Å²) in [6.45, 7) is 3.50. The molecule has 1 fully saturated rings. The van der Waals surface area contributed by atoms with E-state index >= 15 is 0 Å². The van der Waals surface area contributed by atoms with Crippen LogP contribution in [0.5, 0.6) is 0 Å². The number of rotatable bonds is 4. The van der Waals surface area contributed by atoms with E-state index in [-0.39, 0.29) is 17.9 Å². The Morgan fingerprint density at radius 3 is 3.19 bits per heavy atom. The van der Waals surface area contributed by atoms with Crippen LogP contribution in [-0.2, 0) is 11.3 Å². The maximum Gasteiger partial charge on any atom is 0.215 e. The summed E-state index contributed by atoms with van der Waals surface area (Å²) in [5, 5.41) is 3.17. The van der Waals surface area contributed by atoms with Crippen LogP contribution in [0.2, 0.25) is 0 Å². The predicted molar refractivity (Wildman–Crippen MR) is 59.4 cm³/mol. The lowest BCUT2D eigenvalue weighted by Crippen LogP contribution is -2.32. The fraction of sp³-hybridized carbons (Fsp3) is 0.636. The third-order valence-electron chi connectivity index (χ3n) is 3.02. The molecule has 1 aliphatic heterocycles. The molecule has 1 aromatic rings. The van der Waals surface area contributed by atoms with Gasteiger partial charge in [-0.3, -0.25) is 4.79 Å². The SMILES string of the molecule is CCn1ccnc1C(=O)C1CC(OC)CN1. The maximum absolute atomic E-state index is 12.1. The van der Waals surface area contributed by atoms with Crippen molar-refractivity contribution in [3.8, 4) is 0 Å². The van der Waals surface area contributed by atoms with Crippen molar-refractivity contribution in [3.05, 3.63) is 18.2 Å². The van der Waals surface area contributed by atoms with E-state index in [1.54, 1.807) is 13.3 Å². The first-order chi connectivity index (χ1) is 7.76. The van der Waals surface area contributed by atoms with Gasteiger partial charge in [0, 0.05) is 32.6 Å². The second-order valence-corrected chi connectivity index (χ2v) is 3.96. The van der Waals surface area contributed by atoms with Gasteiger partial charge in [-0.25, -0.2) is 4.98 Å². The van der Waals surface area contributed by atoms with Gasteiger partial charge >= 0.3 is 0 Å². The summed E-state index contributed by atoms with van der Waals surface area (Å²) in [5.74, 6) is 0.600. The number of Topliss-reactive ketones (excluding diaryl/α,β-unsaturated/α-hetero) is 1. The molecule has 0 saturated carbocycles. The van der Waals surface area contributed by atoms with E-state index in [9.17, 15) is 4.79 Å². The van der Waals surface area contributed by atoms with E-state index < -0.39 is 0 Å². The minimum absolute atomic E-state index is 0.0615. The number of aryl methyl sites for hydroxylation is 1. The Labute approximate surface area is 94.8 Å². The molecule has 0 radical (unpaired) electrons. The van der Waals surface area contributed by atoms with Gasteiger partial charge in [-0.1, -0.05) is 0 Å². The molecule has 1 aliphatic rings. The standard InChI is InChI=1S/C11H17N3O2/c1-3-14-5-4-12-11(14)10(15)9-6-8(16-2)7-13-9/h4-5,8-9,13H,3,6-7H2,1-2H3. The van der Waals surface area contributed by atoms with Gasteiger partial charge in [-0.05, 0) is 13.3 Å². The van der Waals surface area contributed by atoms with Gasteiger partial charge in [0.2, 0.25) is 5.78 Å². The Morgan fingerprint density at radius 1 is 1.75 bits per heavy atom. The third-order valence-corrected chi connectivity index (χ3v) is 3.02. The highest BCUT2D eigenvalue weighted by Gasteiger charge is 2.31. The average Bonchev–Trinajstić information content (AvgIpc) is 2.96. The van der Waals surface area contributed by atoms with Gasteiger partial charge in [-0.15, -0.1) is 0 Å². The molecule has 0 spiro atoms.